The van der Waals surface area contributed by atoms with Gasteiger partial charge in [-0.2, -0.15) is 13.2 Å². The van der Waals surface area contributed by atoms with Crippen molar-refractivity contribution >= 4 is 5.69 Å². The number of hydrogen-bond acceptors (Lipinski definition) is 1. The minimum atomic E-state index is -4.31. The third kappa shape index (κ3) is 2.10. The molecule has 0 atom stereocenters. The first kappa shape index (κ1) is 10.8. The fourth-order valence-corrected chi connectivity index (χ4v) is 1.61. The van der Waals surface area contributed by atoms with Crippen LogP contribution in [0, 0.1) is 0 Å². The van der Waals surface area contributed by atoms with E-state index in [1.54, 1.807) is 23.2 Å². The zero-order chi connectivity index (χ0) is 11.6. The largest absolute Gasteiger partial charge is 0.418 e. The highest BCUT2D eigenvalue weighted by atomic mass is 19.4. The molecule has 0 radical (unpaired) electrons. The molecule has 0 amide bonds. The maximum absolute atomic E-state index is 12.7. The van der Waals surface area contributed by atoms with Crippen molar-refractivity contribution in [2.24, 2.45) is 0 Å². The van der Waals surface area contributed by atoms with Crippen LogP contribution in [-0.2, 0) is 6.18 Å². The molecule has 0 saturated heterocycles. The predicted molar refractivity (Wildman–Crippen MR) is 57.1 cm³/mol. The molecular formula is C12H10F3N. The van der Waals surface area contributed by atoms with Crippen LogP contribution >= 0.6 is 0 Å². The summed E-state index contributed by atoms with van der Waals surface area (Å²) >= 11 is 0. The van der Waals surface area contributed by atoms with E-state index in [-0.39, 0.29) is 5.69 Å². The average molecular weight is 225 g/mol. The molecule has 1 aromatic rings. The second-order valence-electron chi connectivity index (χ2n) is 3.44. The Hall–Kier alpha value is -1.71. The van der Waals surface area contributed by atoms with Gasteiger partial charge in [0, 0.05) is 12.7 Å². The number of allylic oxidation sites excluding steroid dienone is 2. The van der Waals surface area contributed by atoms with Crippen LogP contribution in [0.25, 0.3) is 0 Å². The smallest absolute Gasteiger partial charge is 0.344 e. The lowest BCUT2D eigenvalue weighted by Gasteiger charge is -2.24. The number of nitrogens with zero attached hydrogens (tertiary/aromatic N) is 1. The molecule has 1 heterocycles. The number of anilines is 1. The Morgan fingerprint density at radius 3 is 2.44 bits per heavy atom. The Morgan fingerprint density at radius 1 is 1.06 bits per heavy atom. The maximum atomic E-state index is 12.7. The molecule has 0 unspecified atom stereocenters. The summed E-state index contributed by atoms with van der Waals surface area (Å²) < 4.78 is 38.2. The van der Waals surface area contributed by atoms with Gasteiger partial charge in [-0.05, 0) is 18.2 Å². The molecule has 1 aliphatic rings. The van der Waals surface area contributed by atoms with Crippen molar-refractivity contribution in [2.45, 2.75) is 6.18 Å². The summed E-state index contributed by atoms with van der Waals surface area (Å²) in [5, 5.41) is 0. The van der Waals surface area contributed by atoms with Gasteiger partial charge in [0.15, 0.2) is 0 Å². The van der Waals surface area contributed by atoms with E-state index in [0.717, 1.165) is 6.07 Å². The van der Waals surface area contributed by atoms with Gasteiger partial charge in [0.25, 0.3) is 0 Å². The highest BCUT2D eigenvalue weighted by molar-refractivity contribution is 5.58. The first-order chi connectivity index (χ1) is 7.59. The monoisotopic (exact) mass is 225 g/mol. The molecule has 4 heteroatoms. The minimum Gasteiger partial charge on any atom is -0.344 e. The molecule has 0 spiro atoms. The summed E-state index contributed by atoms with van der Waals surface area (Å²) in [6, 6.07) is 5.58. The number of benzene rings is 1. The number of para-hydroxylation sites is 1. The summed E-state index contributed by atoms with van der Waals surface area (Å²) in [4.78, 5) is 1.57. The molecule has 0 N–H and O–H groups in total. The summed E-state index contributed by atoms with van der Waals surface area (Å²) in [7, 11) is 0. The Bertz CT molecular complexity index is 432. The van der Waals surface area contributed by atoms with Crippen molar-refractivity contribution in [1.82, 2.24) is 0 Å². The van der Waals surface area contributed by atoms with Crippen molar-refractivity contribution in [1.29, 1.82) is 0 Å². The Balaban J connectivity index is 2.41. The van der Waals surface area contributed by atoms with Gasteiger partial charge in [-0.25, -0.2) is 0 Å². The van der Waals surface area contributed by atoms with E-state index < -0.39 is 11.7 Å². The number of alkyl halides is 3. The molecule has 0 bridgehead atoms. The van der Waals surface area contributed by atoms with Gasteiger partial charge < -0.3 is 4.90 Å². The number of rotatable bonds is 1. The highest BCUT2D eigenvalue weighted by Gasteiger charge is 2.34. The standard InChI is InChI=1S/C12H10F3N/c13-12(14,15)10-6-2-3-7-11(10)16-8-4-1-5-9-16/h1-8H,9H2. The first-order valence-electron chi connectivity index (χ1n) is 4.85. The zero-order valence-corrected chi connectivity index (χ0v) is 8.41. The summed E-state index contributed by atoms with van der Waals surface area (Å²) in [6.07, 6.45) is 2.67. The fraction of sp³-hybridized carbons (Fsp3) is 0.167. The predicted octanol–water partition coefficient (Wildman–Crippen LogP) is 3.60. The molecule has 16 heavy (non-hydrogen) atoms. The lowest BCUT2D eigenvalue weighted by atomic mass is 10.1. The molecule has 0 aromatic heterocycles. The normalized spacial score (nSPS) is 15.6. The van der Waals surface area contributed by atoms with Crippen LogP contribution in [0.15, 0.2) is 48.7 Å². The Morgan fingerprint density at radius 2 is 1.81 bits per heavy atom. The molecule has 1 aromatic carbocycles. The van der Waals surface area contributed by atoms with Crippen LogP contribution in [0.2, 0.25) is 0 Å². The van der Waals surface area contributed by atoms with Crippen molar-refractivity contribution in [3.63, 3.8) is 0 Å². The van der Waals surface area contributed by atoms with Crippen molar-refractivity contribution < 1.29 is 13.2 Å². The molecule has 84 valence electrons. The van der Waals surface area contributed by atoms with Gasteiger partial charge in [-0.1, -0.05) is 24.3 Å². The van der Waals surface area contributed by atoms with Crippen LogP contribution in [-0.4, -0.2) is 6.54 Å². The van der Waals surface area contributed by atoms with Crippen molar-refractivity contribution in [3.8, 4) is 0 Å². The summed E-state index contributed by atoms with van der Waals surface area (Å²) in [6.45, 7) is 0.462. The zero-order valence-electron chi connectivity index (χ0n) is 8.41. The molecule has 2 rings (SSSR count). The SMILES string of the molecule is FC(F)(F)c1ccccc1N1C=CC=CC1. The van der Waals surface area contributed by atoms with Crippen LogP contribution < -0.4 is 4.90 Å². The average Bonchev–Trinajstić information content (AvgIpc) is 2.29. The molecular weight excluding hydrogens is 215 g/mol. The molecule has 0 aliphatic carbocycles. The van der Waals surface area contributed by atoms with E-state index >= 15 is 0 Å². The fourth-order valence-electron chi connectivity index (χ4n) is 1.61. The van der Waals surface area contributed by atoms with Gasteiger partial charge in [0.2, 0.25) is 0 Å². The van der Waals surface area contributed by atoms with E-state index in [1.165, 1.54) is 12.1 Å². The van der Waals surface area contributed by atoms with Crippen LogP contribution in [0.3, 0.4) is 0 Å². The van der Waals surface area contributed by atoms with Crippen molar-refractivity contribution in [3.05, 3.63) is 54.3 Å². The lowest BCUT2D eigenvalue weighted by molar-refractivity contribution is -0.137. The lowest BCUT2D eigenvalue weighted by Crippen LogP contribution is -2.21. The second-order valence-corrected chi connectivity index (χ2v) is 3.44. The Kier molecular flexibility index (Phi) is 2.73. The maximum Gasteiger partial charge on any atom is 0.418 e. The van der Waals surface area contributed by atoms with Gasteiger partial charge in [0.1, 0.15) is 0 Å². The molecule has 1 aliphatic heterocycles. The van der Waals surface area contributed by atoms with Gasteiger partial charge >= 0.3 is 6.18 Å². The first-order valence-corrected chi connectivity index (χ1v) is 4.85. The van der Waals surface area contributed by atoms with Gasteiger partial charge in [-0.3, -0.25) is 0 Å². The van der Waals surface area contributed by atoms with E-state index in [4.69, 9.17) is 0 Å². The third-order valence-corrected chi connectivity index (χ3v) is 2.33. The van der Waals surface area contributed by atoms with E-state index in [2.05, 4.69) is 0 Å². The molecule has 0 saturated carbocycles. The van der Waals surface area contributed by atoms with E-state index in [9.17, 15) is 13.2 Å². The van der Waals surface area contributed by atoms with Crippen LogP contribution in [0.1, 0.15) is 5.56 Å². The highest BCUT2D eigenvalue weighted by Crippen LogP contribution is 2.36. The van der Waals surface area contributed by atoms with Gasteiger partial charge in [-0.15, -0.1) is 0 Å². The third-order valence-electron chi connectivity index (χ3n) is 2.33. The molecule has 1 nitrogen and oxygen atoms in total. The Labute approximate surface area is 91.5 Å². The summed E-state index contributed by atoms with van der Waals surface area (Å²) in [5.41, 5.74) is -0.412. The van der Waals surface area contributed by atoms with E-state index in [1.807, 2.05) is 12.2 Å². The quantitative estimate of drug-likeness (QED) is 0.705. The van der Waals surface area contributed by atoms with Crippen LogP contribution in [0.5, 0.6) is 0 Å². The summed E-state index contributed by atoms with van der Waals surface area (Å²) in [5.74, 6) is 0. The van der Waals surface area contributed by atoms with Gasteiger partial charge in [0.05, 0.1) is 11.3 Å². The molecule has 0 fully saturated rings. The van der Waals surface area contributed by atoms with E-state index in [0.29, 0.717) is 6.54 Å². The van der Waals surface area contributed by atoms with Crippen LogP contribution in [0.4, 0.5) is 18.9 Å². The number of hydrogen-bond donors (Lipinski definition) is 0. The number of halogens is 3. The van der Waals surface area contributed by atoms with Crippen molar-refractivity contribution in [2.75, 3.05) is 11.4 Å². The second kappa shape index (κ2) is 4.04. The minimum absolute atomic E-state index is 0.190. The topological polar surface area (TPSA) is 3.24 Å².